The highest BCUT2D eigenvalue weighted by Gasteiger charge is 2.50. The van der Waals surface area contributed by atoms with Gasteiger partial charge in [0.1, 0.15) is 0 Å². The maximum atomic E-state index is 6.66. The van der Waals surface area contributed by atoms with Crippen molar-refractivity contribution < 1.29 is 20.6 Å². The van der Waals surface area contributed by atoms with Crippen LogP contribution in [0, 0.1) is 0 Å². The van der Waals surface area contributed by atoms with Gasteiger partial charge in [-0.25, -0.2) is 0 Å². The van der Waals surface area contributed by atoms with E-state index >= 15 is 0 Å². The Hall–Kier alpha value is 1.10. The van der Waals surface area contributed by atoms with Gasteiger partial charge in [-0.3, -0.25) is 0 Å². The van der Waals surface area contributed by atoms with Crippen LogP contribution in [0.1, 0.15) is 0 Å². The average Bonchev–Trinajstić information content (AvgIpc) is 1.98. The lowest BCUT2D eigenvalue weighted by molar-refractivity contribution is 0.278. The maximum absolute atomic E-state index is 6.66. The molecule has 0 bridgehead atoms. The largest absolute Gasteiger partial charge is 0.437 e. The lowest BCUT2D eigenvalue weighted by Crippen LogP contribution is -2.62. The van der Waals surface area contributed by atoms with E-state index in [9.17, 15) is 0 Å². The first-order valence-corrected chi connectivity index (χ1v) is 26.2. The highest BCUT2D eigenvalue weighted by Crippen LogP contribution is 2.32. The molecule has 0 aromatic rings. The fourth-order valence-electron chi connectivity index (χ4n) is 4.29. The number of rotatable bonds is 0. The maximum Gasteiger partial charge on any atom is 0.314 e. The van der Waals surface area contributed by atoms with Crippen molar-refractivity contribution in [2.75, 3.05) is 0 Å². The molecule has 0 aliphatic carbocycles. The van der Waals surface area contributed by atoms with E-state index < -0.39 is 50.9 Å². The van der Waals surface area contributed by atoms with Crippen LogP contribution in [0.25, 0.3) is 0 Å². The molecule has 0 N–H and O–H groups in total. The molecule has 11 heteroatoms. The standard InChI is InChI=1S/C13H38O5Si6/c1-19(2)13-20(3,4)15-22(7,8)17-24(11,12)18-23(9,10)16-21(5,6)14-19/h13H2,1-12H3. The van der Waals surface area contributed by atoms with Crippen molar-refractivity contribution in [2.24, 2.45) is 0 Å². The molecular formula is C13H38O5Si6. The summed E-state index contributed by atoms with van der Waals surface area (Å²) in [5.74, 6) is 0. The first-order chi connectivity index (χ1) is 10.2. The topological polar surface area (TPSA) is 46.2 Å². The fraction of sp³-hybridized carbons (Fsp3) is 1.00. The van der Waals surface area contributed by atoms with Crippen molar-refractivity contribution in [3.8, 4) is 0 Å². The molecule has 1 saturated heterocycles. The second-order valence-corrected chi connectivity index (χ2v) is 33.5. The molecule has 24 heavy (non-hydrogen) atoms. The Morgan fingerprint density at radius 1 is 0.375 bits per heavy atom. The predicted octanol–water partition coefficient (Wildman–Crippen LogP) is 4.84. The Morgan fingerprint density at radius 3 is 0.833 bits per heavy atom. The molecule has 0 aromatic carbocycles. The van der Waals surface area contributed by atoms with E-state index in [1.165, 1.54) is 0 Å². The molecule has 1 heterocycles. The van der Waals surface area contributed by atoms with Crippen LogP contribution in [0.2, 0.25) is 84.2 Å². The molecule has 5 nitrogen and oxygen atoms in total. The van der Waals surface area contributed by atoms with Crippen LogP contribution in [0.3, 0.4) is 0 Å². The molecule has 1 aliphatic heterocycles. The monoisotopic (exact) mass is 442 g/mol. The van der Waals surface area contributed by atoms with Crippen LogP contribution in [0.15, 0.2) is 0 Å². The minimum atomic E-state index is -2.32. The third-order valence-corrected chi connectivity index (χ3v) is 30.3. The van der Waals surface area contributed by atoms with Gasteiger partial charge in [-0.1, -0.05) is 0 Å². The molecule has 0 amide bonds. The number of hydrogen-bond acceptors (Lipinski definition) is 5. The lowest BCUT2D eigenvalue weighted by atomic mass is 11.8. The first kappa shape index (κ1) is 23.1. The third-order valence-electron chi connectivity index (χ3n) is 3.37. The Bertz CT molecular complexity index is 331. The van der Waals surface area contributed by atoms with Gasteiger partial charge < -0.3 is 20.6 Å². The molecule has 0 spiro atoms. The highest BCUT2D eigenvalue weighted by atomic mass is 28.5. The molecule has 0 atom stereocenters. The second-order valence-electron chi connectivity index (χ2n) is 9.81. The molecule has 144 valence electrons. The average molecular weight is 443 g/mol. The van der Waals surface area contributed by atoms with Crippen molar-refractivity contribution in [3.63, 3.8) is 0 Å². The van der Waals surface area contributed by atoms with Crippen molar-refractivity contribution in [3.05, 3.63) is 0 Å². The van der Waals surface area contributed by atoms with Crippen LogP contribution in [0.4, 0.5) is 0 Å². The van der Waals surface area contributed by atoms with Gasteiger partial charge in [0.25, 0.3) is 0 Å². The summed E-state index contributed by atoms with van der Waals surface area (Å²) in [5.41, 5.74) is 1.06. The van der Waals surface area contributed by atoms with E-state index in [1.54, 1.807) is 0 Å². The van der Waals surface area contributed by atoms with Gasteiger partial charge in [0, 0.05) is 0 Å². The summed E-state index contributed by atoms with van der Waals surface area (Å²) in [4.78, 5) is 0. The minimum absolute atomic E-state index is 1.06. The van der Waals surface area contributed by atoms with E-state index in [1.807, 2.05) is 0 Å². The van der Waals surface area contributed by atoms with Crippen LogP contribution in [-0.4, -0.2) is 50.9 Å². The van der Waals surface area contributed by atoms with Crippen molar-refractivity contribution >= 4 is 50.9 Å². The van der Waals surface area contributed by atoms with Gasteiger partial charge in [0.15, 0.2) is 16.6 Å². The highest BCUT2D eigenvalue weighted by molar-refractivity contribution is 6.98. The zero-order valence-electron chi connectivity index (χ0n) is 17.7. The van der Waals surface area contributed by atoms with E-state index in [-0.39, 0.29) is 0 Å². The summed E-state index contributed by atoms with van der Waals surface area (Å²) in [6.45, 7) is 26.2. The molecule has 1 aliphatic rings. The van der Waals surface area contributed by atoms with Crippen LogP contribution in [0.5, 0.6) is 0 Å². The van der Waals surface area contributed by atoms with Crippen LogP contribution < -0.4 is 0 Å². The van der Waals surface area contributed by atoms with E-state index in [4.69, 9.17) is 20.6 Å². The smallest absolute Gasteiger partial charge is 0.314 e. The summed E-state index contributed by atoms with van der Waals surface area (Å²) in [5, 5.41) is 0. The molecular weight excluding hydrogens is 405 g/mol. The third kappa shape index (κ3) is 8.20. The molecule has 0 saturated carbocycles. The van der Waals surface area contributed by atoms with Crippen LogP contribution in [-0.2, 0) is 20.6 Å². The molecule has 0 unspecified atom stereocenters. The van der Waals surface area contributed by atoms with Gasteiger partial charge in [-0.15, -0.1) is 0 Å². The van der Waals surface area contributed by atoms with E-state index in [0.717, 1.165) is 5.67 Å². The Morgan fingerprint density at radius 2 is 0.583 bits per heavy atom. The van der Waals surface area contributed by atoms with Crippen molar-refractivity contribution in [2.45, 2.75) is 84.2 Å². The summed E-state index contributed by atoms with van der Waals surface area (Å²) < 4.78 is 32.8. The van der Waals surface area contributed by atoms with Crippen molar-refractivity contribution in [1.82, 2.24) is 0 Å². The zero-order valence-corrected chi connectivity index (χ0v) is 23.7. The fourth-order valence-corrected chi connectivity index (χ4v) is 41.4. The van der Waals surface area contributed by atoms with E-state index in [0.29, 0.717) is 0 Å². The lowest BCUT2D eigenvalue weighted by Gasteiger charge is -2.46. The van der Waals surface area contributed by atoms with Crippen molar-refractivity contribution in [1.29, 1.82) is 0 Å². The molecule has 1 fully saturated rings. The normalized spacial score (nSPS) is 31.5. The summed E-state index contributed by atoms with van der Waals surface area (Å²) in [7, 11) is -12.9. The Balaban J connectivity index is 3.24. The Labute approximate surface area is 155 Å². The SMILES string of the molecule is C[Si]1(C)C[Si](C)(C)O[Si](C)(C)O[Si](C)(C)O[Si](C)(C)O[Si](C)(C)O1. The van der Waals surface area contributed by atoms with Gasteiger partial charge >= 0.3 is 34.2 Å². The van der Waals surface area contributed by atoms with Gasteiger partial charge in [0.05, 0.1) is 0 Å². The second kappa shape index (κ2) is 6.92. The van der Waals surface area contributed by atoms with E-state index in [2.05, 4.69) is 78.6 Å². The summed E-state index contributed by atoms with van der Waals surface area (Å²) in [6, 6.07) is 0. The number of hydrogen-bond donors (Lipinski definition) is 0. The quantitative estimate of drug-likeness (QED) is 0.502. The zero-order chi connectivity index (χ0) is 19.2. The first-order valence-electron chi connectivity index (χ1n) is 8.75. The van der Waals surface area contributed by atoms with Crippen LogP contribution >= 0.6 is 0 Å². The molecule has 0 radical (unpaired) electrons. The Kier molecular flexibility index (Phi) is 6.68. The molecule has 0 aromatic heterocycles. The van der Waals surface area contributed by atoms with Gasteiger partial charge in [0.2, 0.25) is 0 Å². The summed E-state index contributed by atoms with van der Waals surface area (Å²) in [6.07, 6.45) is 0. The van der Waals surface area contributed by atoms with Gasteiger partial charge in [-0.2, -0.15) is 0 Å². The van der Waals surface area contributed by atoms with Gasteiger partial charge in [-0.05, 0) is 84.2 Å². The predicted molar refractivity (Wildman–Crippen MR) is 115 cm³/mol. The minimum Gasteiger partial charge on any atom is -0.437 e. The molecule has 1 rings (SSSR count). The summed E-state index contributed by atoms with van der Waals surface area (Å²) >= 11 is 0.